The van der Waals surface area contributed by atoms with E-state index in [1.54, 1.807) is 16.8 Å². The second-order valence-electron chi connectivity index (χ2n) is 6.92. The van der Waals surface area contributed by atoms with Crippen molar-refractivity contribution in [2.45, 2.75) is 58.1 Å². The second kappa shape index (κ2) is 6.69. The van der Waals surface area contributed by atoms with Crippen molar-refractivity contribution in [2.75, 3.05) is 0 Å². The van der Waals surface area contributed by atoms with Crippen molar-refractivity contribution in [3.8, 4) is 0 Å². The molecule has 0 aliphatic heterocycles. The number of nitrogens with zero attached hydrogens (tertiary/aromatic N) is 10. The highest BCUT2D eigenvalue weighted by Crippen LogP contribution is 2.42. The van der Waals surface area contributed by atoms with Crippen LogP contribution in [0.4, 0.5) is 4.39 Å². The Hall–Kier alpha value is -2.67. The van der Waals surface area contributed by atoms with Crippen LogP contribution in [0.3, 0.4) is 0 Å². The van der Waals surface area contributed by atoms with E-state index in [4.69, 9.17) is 0 Å². The van der Waals surface area contributed by atoms with Crippen LogP contribution >= 0.6 is 23.5 Å². The van der Waals surface area contributed by atoms with E-state index in [2.05, 4.69) is 41.0 Å². The summed E-state index contributed by atoms with van der Waals surface area (Å²) in [5.41, 5.74) is 0.690. The Kier molecular flexibility index (Phi) is 3.97. The Morgan fingerprint density at radius 2 is 1.41 bits per heavy atom. The van der Waals surface area contributed by atoms with Gasteiger partial charge in [0.2, 0.25) is 10.3 Å². The molecule has 2 aliphatic rings. The molecule has 0 saturated heterocycles. The smallest absolute Gasteiger partial charge is 0.215 e. The second-order valence-corrected chi connectivity index (χ2v) is 8.83. The lowest BCUT2D eigenvalue weighted by atomic mass is 10.3. The first kappa shape index (κ1) is 17.2. The van der Waals surface area contributed by atoms with Gasteiger partial charge >= 0.3 is 0 Å². The van der Waals surface area contributed by atoms with Crippen molar-refractivity contribution in [3.05, 3.63) is 24.0 Å². The summed E-state index contributed by atoms with van der Waals surface area (Å²) < 4.78 is 18.0. The third-order valence-corrected chi connectivity index (χ3v) is 6.66. The van der Waals surface area contributed by atoms with Gasteiger partial charge in [-0.15, -0.1) is 10.2 Å². The monoisotopic (exact) mass is 428 g/mol. The van der Waals surface area contributed by atoms with E-state index in [1.807, 2.05) is 4.68 Å². The first-order valence-corrected chi connectivity index (χ1v) is 10.8. The molecule has 0 amide bonds. The van der Waals surface area contributed by atoms with Crippen LogP contribution in [-0.4, -0.2) is 50.4 Å². The summed E-state index contributed by atoms with van der Waals surface area (Å²) in [4.78, 5) is 9.21. The minimum atomic E-state index is -0.419. The number of fused-ring (bicyclic) bond motifs is 1. The topological polar surface area (TPSA) is 113 Å². The average Bonchev–Trinajstić information content (AvgIpc) is 3.65. The van der Waals surface area contributed by atoms with Gasteiger partial charge in [-0.3, -0.25) is 0 Å². The highest BCUT2D eigenvalue weighted by Gasteiger charge is 2.31. The van der Waals surface area contributed by atoms with Gasteiger partial charge in [-0.05, 0) is 82.2 Å². The minimum absolute atomic E-state index is 0.214. The highest BCUT2D eigenvalue weighted by molar-refractivity contribution is 8.02. The molecule has 2 aliphatic carbocycles. The molecule has 3 heterocycles. The summed E-state index contributed by atoms with van der Waals surface area (Å²) in [6.45, 7) is 0. The quantitative estimate of drug-likeness (QED) is 0.454. The molecule has 29 heavy (non-hydrogen) atoms. The SMILES string of the molecule is Fc1cccc2nc(Sc3nnnn3C3CC3)c(Sc3nnnn3C3CC3)nc12. The Morgan fingerprint density at radius 3 is 2.00 bits per heavy atom. The molecule has 3 aromatic heterocycles. The molecule has 2 fully saturated rings. The van der Waals surface area contributed by atoms with E-state index < -0.39 is 5.82 Å². The van der Waals surface area contributed by atoms with Crippen LogP contribution in [0.5, 0.6) is 0 Å². The van der Waals surface area contributed by atoms with Gasteiger partial charge in [0, 0.05) is 0 Å². The number of tetrazole rings is 2. The molecule has 0 unspecified atom stereocenters. The fourth-order valence-corrected chi connectivity index (χ4v) is 4.77. The van der Waals surface area contributed by atoms with Crippen LogP contribution in [0.1, 0.15) is 37.8 Å². The molecule has 0 bridgehead atoms. The molecule has 146 valence electrons. The predicted octanol–water partition coefficient (Wildman–Crippen LogP) is 2.71. The molecule has 1 aromatic carbocycles. The number of hydrogen-bond acceptors (Lipinski definition) is 10. The summed E-state index contributed by atoms with van der Waals surface area (Å²) >= 11 is 2.60. The highest BCUT2D eigenvalue weighted by atomic mass is 32.2. The van der Waals surface area contributed by atoms with E-state index in [0.29, 0.717) is 38.0 Å². The molecule has 10 nitrogen and oxygen atoms in total. The van der Waals surface area contributed by atoms with E-state index in [-0.39, 0.29) is 5.52 Å². The number of hydrogen-bond donors (Lipinski definition) is 0. The minimum Gasteiger partial charge on any atom is -0.236 e. The van der Waals surface area contributed by atoms with E-state index >= 15 is 0 Å². The summed E-state index contributed by atoms with van der Waals surface area (Å²) in [5, 5.41) is 26.4. The molecule has 6 rings (SSSR count). The first-order chi connectivity index (χ1) is 14.3. The molecule has 2 saturated carbocycles. The van der Waals surface area contributed by atoms with Crippen molar-refractivity contribution in [1.29, 1.82) is 0 Å². The lowest BCUT2D eigenvalue weighted by molar-refractivity contribution is 0.564. The molecule has 0 radical (unpaired) electrons. The van der Waals surface area contributed by atoms with Crippen molar-refractivity contribution >= 4 is 34.6 Å². The number of halogens is 1. The maximum absolute atomic E-state index is 14.3. The Morgan fingerprint density at radius 1 is 0.828 bits per heavy atom. The molecule has 13 heteroatoms. The lowest BCUT2D eigenvalue weighted by Gasteiger charge is -2.09. The molecule has 4 aromatic rings. The van der Waals surface area contributed by atoms with Gasteiger partial charge in [0.15, 0.2) is 5.82 Å². The standard InChI is InChI=1S/C16H13FN10S2/c17-10-2-1-3-11-12(10)19-14(29-16-21-23-25-27(16)9-6-7-9)13(18-11)28-15-20-22-24-26(15)8-4-5-8/h1-3,8-9H,4-7H2. The van der Waals surface area contributed by atoms with Crippen molar-refractivity contribution in [3.63, 3.8) is 0 Å². The lowest BCUT2D eigenvalue weighted by Crippen LogP contribution is -2.02. The average molecular weight is 428 g/mol. The van der Waals surface area contributed by atoms with Gasteiger partial charge in [-0.2, -0.15) is 0 Å². The summed E-state index contributed by atoms with van der Waals surface area (Å²) in [6, 6.07) is 5.38. The van der Waals surface area contributed by atoms with Crippen molar-refractivity contribution < 1.29 is 4.39 Å². The number of para-hydroxylation sites is 1. The third kappa shape index (κ3) is 3.23. The van der Waals surface area contributed by atoms with Crippen LogP contribution in [0.25, 0.3) is 11.0 Å². The fraction of sp³-hybridized carbons (Fsp3) is 0.375. The molecule has 0 atom stereocenters. The molecule has 0 N–H and O–H groups in total. The maximum atomic E-state index is 14.3. The van der Waals surface area contributed by atoms with E-state index in [1.165, 1.54) is 29.6 Å². The van der Waals surface area contributed by atoms with E-state index in [9.17, 15) is 4.39 Å². The summed E-state index contributed by atoms with van der Waals surface area (Å²) in [6.07, 6.45) is 4.22. The van der Waals surface area contributed by atoms with Crippen LogP contribution < -0.4 is 0 Å². The molecular weight excluding hydrogens is 415 g/mol. The van der Waals surface area contributed by atoms with Crippen LogP contribution in [0, 0.1) is 5.82 Å². The Bertz CT molecular complexity index is 1220. The van der Waals surface area contributed by atoms with Gasteiger partial charge in [0.05, 0.1) is 17.6 Å². The first-order valence-electron chi connectivity index (χ1n) is 9.14. The third-order valence-electron chi connectivity index (χ3n) is 4.67. The van der Waals surface area contributed by atoms with Gasteiger partial charge < -0.3 is 0 Å². The largest absolute Gasteiger partial charge is 0.236 e. The van der Waals surface area contributed by atoms with Gasteiger partial charge in [0.25, 0.3) is 0 Å². The number of rotatable bonds is 6. The van der Waals surface area contributed by atoms with Crippen molar-refractivity contribution in [2.24, 2.45) is 0 Å². The van der Waals surface area contributed by atoms with Crippen LogP contribution in [0.15, 0.2) is 38.6 Å². The normalized spacial score (nSPS) is 16.6. The maximum Gasteiger partial charge on any atom is 0.215 e. The number of benzene rings is 1. The fourth-order valence-electron chi connectivity index (χ4n) is 2.92. The molecular formula is C16H13FN10S2. The molecule has 0 spiro atoms. The predicted molar refractivity (Wildman–Crippen MR) is 99.9 cm³/mol. The zero-order valence-corrected chi connectivity index (χ0v) is 16.5. The zero-order chi connectivity index (χ0) is 19.4. The van der Waals surface area contributed by atoms with Crippen LogP contribution in [0.2, 0.25) is 0 Å². The van der Waals surface area contributed by atoms with Crippen molar-refractivity contribution in [1.82, 2.24) is 50.4 Å². The van der Waals surface area contributed by atoms with E-state index in [0.717, 1.165) is 25.7 Å². The zero-order valence-electron chi connectivity index (χ0n) is 14.9. The summed E-state index contributed by atoms with van der Waals surface area (Å²) in [5.74, 6) is -0.419. The van der Waals surface area contributed by atoms with Crippen LogP contribution in [-0.2, 0) is 0 Å². The van der Waals surface area contributed by atoms with Gasteiger partial charge in [-0.25, -0.2) is 23.7 Å². The Labute approximate surface area is 171 Å². The van der Waals surface area contributed by atoms with Gasteiger partial charge in [-0.1, -0.05) is 6.07 Å². The summed E-state index contributed by atoms with van der Waals surface area (Å²) in [7, 11) is 0. The van der Waals surface area contributed by atoms with Gasteiger partial charge in [0.1, 0.15) is 15.6 Å². The Balaban J connectivity index is 1.44. The number of aromatic nitrogens is 10.